The molecule has 0 fully saturated rings. The van der Waals surface area contributed by atoms with Crippen LogP contribution in [0.3, 0.4) is 0 Å². The van der Waals surface area contributed by atoms with E-state index in [2.05, 4.69) is 5.32 Å². The van der Waals surface area contributed by atoms with Crippen molar-refractivity contribution >= 4 is 51.5 Å². The summed E-state index contributed by atoms with van der Waals surface area (Å²) in [5, 5.41) is 5.36. The van der Waals surface area contributed by atoms with E-state index in [9.17, 15) is 9.59 Å². The zero-order chi connectivity index (χ0) is 19.2. The molecule has 0 spiro atoms. The number of nitrogens with one attached hydrogen (secondary N) is 1. The summed E-state index contributed by atoms with van der Waals surface area (Å²) in [7, 11) is 0. The van der Waals surface area contributed by atoms with E-state index in [0.717, 1.165) is 10.8 Å². The Bertz CT molecular complexity index is 991. The van der Waals surface area contributed by atoms with Crippen LogP contribution in [0.15, 0.2) is 60.7 Å². The molecule has 0 atom stereocenters. The molecule has 3 aromatic rings. The SMILES string of the molecule is O=C(COC(=O)COc1ccc2ccccc2c1)Nc1ccc(Cl)cc1Cl. The van der Waals surface area contributed by atoms with Crippen LogP contribution in [0.25, 0.3) is 10.8 Å². The fourth-order valence-corrected chi connectivity index (χ4v) is 2.82. The van der Waals surface area contributed by atoms with Gasteiger partial charge in [0.1, 0.15) is 5.75 Å². The molecule has 3 rings (SSSR count). The molecule has 3 aromatic carbocycles. The van der Waals surface area contributed by atoms with Gasteiger partial charge in [0, 0.05) is 5.02 Å². The van der Waals surface area contributed by atoms with Gasteiger partial charge >= 0.3 is 5.97 Å². The first kappa shape index (κ1) is 19.0. The molecule has 0 saturated heterocycles. The van der Waals surface area contributed by atoms with Crippen LogP contribution >= 0.6 is 23.2 Å². The van der Waals surface area contributed by atoms with Crippen molar-refractivity contribution in [3.8, 4) is 5.75 Å². The first-order valence-corrected chi connectivity index (χ1v) is 8.79. The maximum absolute atomic E-state index is 11.9. The van der Waals surface area contributed by atoms with Crippen molar-refractivity contribution < 1.29 is 19.1 Å². The lowest BCUT2D eigenvalue weighted by Crippen LogP contribution is -2.23. The summed E-state index contributed by atoms with van der Waals surface area (Å²) in [6.07, 6.45) is 0. The zero-order valence-electron chi connectivity index (χ0n) is 14.1. The van der Waals surface area contributed by atoms with E-state index < -0.39 is 18.5 Å². The molecule has 5 nitrogen and oxygen atoms in total. The van der Waals surface area contributed by atoms with Gasteiger partial charge < -0.3 is 14.8 Å². The van der Waals surface area contributed by atoms with Crippen LogP contribution < -0.4 is 10.1 Å². The minimum atomic E-state index is -0.652. The van der Waals surface area contributed by atoms with E-state index in [-0.39, 0.29) is 6.61 Å². The minimum Gasteiger partial charge on any atom is -0.482 e. The largest absolute Gasteiger partial charge is 0.482 e. The second-order valence-corrected chi connectivity index (χ2v) is 6.47. The Labute approximate surface area is 165 Å². The number of hydrogen-bond donors (Lipinski definition) is 1. The van der Waals surface area contributed by atoms with Gasteiger partial charge in [0.15, 0.2) is 13.2 Å². The highest BCUT2D eigenvalue weighted by molar-refractivity contribution is 6.36. The third-order valence-corrected chi connectivity index (χ3v) is 4.19. The maximum atomic E-state index is 11.9. The molecule has 1 N–H and O–H groups in total. The highest BCUT2D eigenvalue weighted by atomic mass is 35.5. The van der Waals surface area contributed by atoms with Crippen molar-refractivity contribution in [3.05, 3.63) is 70.7 Å². The number of amides is 1. The van der Waals surface area contributed by atoms with E-state index in [1.165, 1.54) is 6.07 Å². The Morgan fingerprint density at radius 1 is 0.889 bits per heavy atom. The molecule has 0 unspecified atom stereocenters. The summed E-state index contributed by atoms with van der Waals surface area (Å²) >= 11 is 11.8. The van der Waals surface area contributed by atoms with Crippen LogP contribution in [0.4, 0.5) is 5.69 Å². The van der Waals surface area contributed by atoms with E-state index >= 15 is 0 Å². The minimum absolute atomic E-state index is 0.293. The first-order chi connectivity index (χ1) is 13.0. The van der Waals surface area contributed by atoms with Crippen molar-refractivity contribution in [1.29, 1.82) is 0 Å². The molecule has 0 aromatic heterocycles. The van der Waals surface area contributed by atoms with Crippen LogP contribution in [0.2, 0.25) is 10.0 Å². The summed E-state index contributed by atoms with van der Waals surface area (Å²) in [5.41, 5.74) is 0.384. The molecule has 138 valence electrons. The predicted octanol–water partition coefficient (Wildman–Crippen LogP) is 4.71. The highest BCUT2D eigenvalue weighted by Crippen LogP contribution is 2.25. The molecular formula is C20H15Cl2NO4. The predicted molar refractivity (Wildman–Crippen MR) is 105 cm³/mol. The Morgan fingerprint density at radius 3 is 2.44 bits per heavy atom. The molecule has 0 saturated carbocycles. The number of ether oxygens (including phenoxy) is 2. The van der Waals surface area contributed by atoms with Crippen LogP contribution in [-0.2, 0) is 14.3 Å². The number of rotatable bonds is 6. The van der Waals surface area contributed by atoms with Crippen LogP contribution in [0.5, 0.6) is 5.75 Å². The molecule has 7 heteroatoms. The van der Waals surface area contributed by atoms with Crippen molar-refractivity contribution in [2.45, 2.75) is 0 Å². The Morgan fingerprint density at radius 2 is 1.67 bits per heavy atom. The maximum Gasteiger partial charge on any atom is 0.344 e. The monoisotopic (exact) mass is 403 g/mol. The summed E-state index contributed by atoms with van der Waals surface area (Å²) < 4.78 is 10.3. The van der Waals surface area contributed by atoms with Crippen molar-refractivity contribution in [2.24, 2.45) is 0 Å². The van der Waals surface area contributed by atoms with Gasteiger partial charge in [-0.3, -0.25) is 4.79 Å². The van der Waals surface area contributed by atoms with Gasteiger partial charge in [-0.25, -0.2) is 4.79 Å². The van der Waals surface area contributed by atoms with Crippen molar-refractivity contribution in [3.63, 3.8) is 0 Å². The van der Waals surface area contributed by atoms with E-state index in [0.29, 0.717) is 21.5 Å². The van der Waals surface area contributed by atoms with E-state index in [1.54, 1.807) is 18.2 Å². The second-order valence-electron chi connectivity index (χ2n) is 5.63. The summed E-state index contributed by atoms with van der Waals surface area (Å²) in [6.45, 7) is -0.744. The van der Waals surface area contributed by atoms with E-state index in [4.69, 9.17) is 32.7 Å². The van der Waals surface area contributed by atoms with Gasteiger partial charge in [0.25, 0.3) is 5.91 Å². The third-order valence-electron chi connectivity index (χ3n) is 3.65. The van der Waals surface area contributed by atoms with Crippen LogP contribution in [-0.4, -0.2) is 25.1 Å². The molecule has 0 aliphatic heterocycles. The van der Waals surface area contributed by atoms with Gasteiger partial charge in [0.05, 0.1) is 10.7 Å². The summed E-state index contributed by atoms with van der Waals surface area (Å²) in [5.74, 6) is -0.623. The van der Waals surface area contributed by atoms with Gasteiger partial charge in [-0.2, -0.15) is 0 Å². The summed E-state index contributed by atoms with van der Waals surface area (Å²) in [6, 6.07) is 18.0. The van der Waals surface area contributed by atoms with Gasteiger partial charge in [-0.15, -0.1) is 0 Å². The number of anilines is 1. The summed E-state index contributed by atoms with van der Waals surface area (Å²) in [4.78, 5) is 23.6. The number of halogens is 2. The standard InChI is InChI=1S/C20H15Cl2NO4/c21-15-6-8-18(17(22)10-15)23-19(24)11-27-20(25)12-26-16-7-5-13-3-1-2-4-14(13)9-16/h1-10H,11-12H2,(H,23,24). The Kier molecular flexibility index (Phi) is 6.16. The molecular weight excluding hydrogens is 389 g/mol. The molecule has 27 heavy (non-hydrogen) atoms. The lowest BCUT2D eigenvalue weighted by molar-refractivity contribution is -0.149. The average molecular weight is 404 g/mol. The lowest BCUT2D eigenvalue weighted by Gasteiger charge is -2.09. The highest BCUT2D eigenvalue weighted by Gasteiger charge is 2.11. The van der Waals surface area contributed by atoms with E-state index in [1.807, 2.05) is 36.4 Å². The average Bonchev–Trinajstić information content (AvgIpc) is 2.67. The quantitative estimate of drug-likeness (QED) is 0.605. The molecule has 0 heterocycles. The molecule has 0 bridgehead atoms. The topological polar surface area (TPSA) is 64.6 Å². The number of carbonyl (C=O) groups is 2. The smallest absolute Gasteiger partial charge is 0.344 e. The number of fused-ring (bicyclic) bond motifs is 1. The van der Waals surface area contributed by atoms with Gasteiger partial charge in [-0.1, -0.05) is 53.5 Å². The fourth-order valence-electron chi connectivity index (χ4n) is 2.36. The van der Waals surface area contributed by atoms with Gasteiger partial charge in [0.2, 0.25) is 0 Å². The Hall–Kier alpha value is -2.76. The number of esters is 1. The zero-order valence-corrected chi connectivity index (χ0v) is 15.6. The molecule has 0 radical (unpaired) electrons. The number of carbonyl (C=O) groups excluding carboxylic acids is 2. The molecule has 0 aliphatic carbocycles. The van der Waals surface area contributed by atoms with Gasteiger partial charge in [-0.05, 0) is 41.1 Å². The molecule has 1 amide bonds. The van der Waals surface area contributed by atoms with Crippen molar-refractivity contribution in [2.75, 3.05) is 18.5 Å². The van der Waals surface area contributed by atoms with Crippen molar-refractivity contribution in [1.82, 2.24) is 0 Å². The second kappa shape index (κ2) is 8.75. The first-order valence-electron chi connectivity index (χ1n) is 8.03. The normalized spacial score (nSPS) is 10.4. The number of benzene rings is 3. The Balaban J connectivity index is 1.46. The van der Waals surface area contributed by atoms with Crippen LogP contribution in [0.1, 0.15) is 0 Å². The van der Waals surface area contributed by atoms with Crippen LogP contribution in [0, 0.1) is 0 Å². The number of hydrogen-bond acceptors (Lipinski definition) is 4. The fraction of sp³-hybridized carbons (Fsp3) is 0.100. The third kappa shape index (κ3) is 5.36. The lowest BCUT2D eigenvalue weighted by atomic mass is 10.1. The molecule has 0 aliphatic rings.